The van der Waals surface area contributed by atoms with Crippen molar-refractivity contribution in [3.05, 3.63) is 11.5 Å². The topological polar surface area (TPSA) is 21.3 Å². The summed E-state index contributed by atoms with van der Waals surface area (Å²) >= 11 is 0. The molecular weight excluding hydrogens is 90.1 g/mol. The van der Waals surface area contributed by atoms with Gasteiger partial charge in [-0.1, -0.05) is 0 Å². The predicted molar refractivity (Wildman–Crippen MR) is 27.5 cm³/mol. The second-order valence-corrected chi connectivity index (χ2v) is 1.65. The van der Waals surface area contributed by atoms with Crippen LogP contribution in [0.3, 0.4) is 0 Å². The number of nitrogens with one attached hydrogen (secondary N) is 1. The Morgan fingerprint density at radius 2 is 2.29 bits per heavy atom. The monoisotopic (exact) mass is 99.1 g/mol. The van der Waals surface area contributed by atoms with Crippen molar-refractivity contribution in [3.63, 3.8) is 0 Å². The van der Waals surface area contributed by atoms with Crippen LogP contribution in [0.5, 0.6) is 0 Å². The van der Waals surface area contributed by atoms with E-state index in [9.17, 15) is 0 Å². The summed E-state index contributed by atoms with van der Waals surface area (Å²) in [6.07, 6.45) is 0. The van der Waals surface area contributed by atoms with Gasteiger partial charge in [-0.25, -0.2) is 0 Å². The van der Waals surface area contributed by atoms with Crippen LogP contribution in [0, 0.1) is 0 Å². The van der Waals surface area contributed by atoms with E-state index in [4.69, 9.17) is 4.74 Å². The Labute approximate surface area is 43.2 Å². The summed E-state index contributed by atoms with van der Waals surface area (Å²) in [6, 6.07) is 0. The van der Waals surface area contributed by atoms with E-state index < -0.39 is 0 Å². The van der Waals surface area contributed by atoms with Crippen molar-refractivity contribution < 1.29 is 4.74 Å². The molecule has 0 saturated heterocycles. The zero-order valence-electron chi connectivity index (χ0n) is 4.62. The Morgan fingerprint density at radius 1 is 1.57 bits per heavy atom. The molecule has 1 rings (SSSR count). The van der Waals surface area contributed by atoms with Crippen LogP contribution in [0.15, 0.2) is 11.5 Å². The van der Waals surface area contributed by atoms with Crippen LogP contribution < -0.4 is 5.32 Å². The van der Waals surface area contributed by atoms with Crippen LogP contribution in [-0.4, -0.2) is 6.73 Å². The molecule has 2 nitrogen and oxygen atoms in total. The van der Waals surface area contributed by atoms with Crippen LogP contribution in [0.1, 0.15) is 13.8 Å². The maximum absolute atomic E-state index is 5.03. The summed E-state index contributed by atoms with van der Waals surface area (Å²) in [5, 5.41) is 3.03. The summed E-state index contributed by atoms with van der Waals surface area (Å²) in [5.41, 5.74) is 1.15. The summed E-state index contributed by atoms with van der Waals surface area (Å²) in [4.78, 5) is 0. The molecule has 0 aromatic carbocycles. The van der Waals surface area contributed by atoms with E-state index in [2.05, 4.69) is 5.32 Å². The van der Waals surface area contributed by atoms with Crippen molar-refractivity contribution in [2.45, 2.75) is 13.8 Å². The van der Waals surface area contributed by atoms with Gasteiger partial charge < -0.3 is 10.1 Å². The van der Waals surface area contributed by atoms with Crippen molar-refractivity contribution in [3.8, 4) is 0 Å². The molecule has 0 aliphatic carbocycles. The molecule has 0 fully saturated rings. The normalized spacial score (nSPS) is 19.1. The molecule has 0 radical (unpaired) electrons. The lowest BCUT2D eigenvalue weighted by Crippen LogP contribution is -2.04. The molecule has 0 atom stereocenters. The fourth-order valence-corrected chi connectivity index (χ4v) is 0.485. The van der Waals surface area contributed by atoms with Crippen molar-refractivity contribution in [2.24, 2.45) is 0 Å². The largest absolute Gasteiger partial charge is 0.476 e. The van der Waals surface area contributed by atoms with E-state index in [-0.39, 0.29) is 0 Å². The minimum atomic E-state index is 0.650. The van der Waals surface area contributed by atoms with E-state index >= 15 is 0 Å². The lowest BCUT2D eigenvalue weighted by atomic mass is 10.4. The zero-order valence-corrected chi connectivity index (χ0v) is 4.62. The van der Waals surface area contributed by atoms with E-state index in [1.807, 2.05) is 13.8 Å². The number of hydrogen-bond acceptors (Lipinski definition) is 2. The summed E-state index contributed by atoms with van der Waals surface area (Å²) < 4.78 is 5.03. The molecule has 0 aromatic rings. The summed E-state index contributed by atoms with van der Waals surface area (Å²) in [7, 11) is 0. The summed E-state index contributed by atoms with van der Waals surface area (Å²) in [6.45, 7) is 4.61. The third-order valence-corrected chi connectivity index (χ3v) is 1.15. The molecule has 0 saturated carbocycles. The predicted octanol–water partition coefficient (Wildman–Crippen LogP) is 0.815. The third kappa shape index (κ3) is 0.683. The molecule has 1 aliphatic heterocycles. The van der Waals surface area contributed by atoms with Crippen LogP contribution in [-0.2, 0) is 4.74 Å². The van der Waals surface area contributed by atoms with Gasteiger partial charge in [0.2, 0.25) is 0 Å². The molecule has 1 N–H and O–H groups in total. The first-order valence-electron chi connectivity index (χ1n) is 2.35. The highest BCUT2D eigenvalue weighted by Crippen LogP contribution is 2.06. The summed E-state index contributed by atoms with van der Waals surface area (Å²) in [5.74, 6) is 1.01. The highest BCUT2D eigenvalue weighted by atomic mass is 16.5. The standard InChI is InChI=1S/C5H9NO/c1-4-5(2)7-3-6-4/h6H,3H2,1-2H3. The lowest BCUT2D eigenvalue weighted by Gasteiger charge is -1.88. The van der Waals surface area contributed by atoms with Crippen molar-refractivity contribution in [1.29, 1.82) is 0 Å². The van der Waals surface area contributed by atoms with E-state index in [0.29, 0.717) is 6.73 Å². The zero-order chi connectivity index (χ0) is 5.28. The van der Waals surface area contributed by atoms with Crippen LogP contribution in [0.4, 0.5) is 0 Å². The van der Waals surface area contributed by atoms with Gasteiger partial charge in [-0.15, -0.1) is 0 Å². The molecule has 0 bridgehead atoms. The van der Waals surface area contributed by atoms with Gasteiger partial charge in [-0.05, 0) is 13.8 Å². The number of allylic oxidation sites excluding steroid dienone is 2. The van der Waals surface area contributed by atoms with Crippen molar-refractivity contribution in [1.82, 2.24) is 5.32 Å². The maximum Gasteiger partial charge on any atom is 0.158 e. The van der Waals surface area contributed by atoms with E-state index in [1.165, 1.54) is 0 Å². The Bertz CT molecular complexity index is 94.6. The first kappa shape index (κ1) is 4.50. The molecule has 1 heterocycles. The van der Waals surface area contributed by atoms with Gasteiger partial charge in [0.15, 0.2) is 6.73 Å². The average Bonchev–Trinajstić information content (AvgIpc) is 1.91. The van der Waals surface area contributed by atoms with Crippen molar-refractivity contribution >= 4 is 0 Å². The highest BCUT2D eigenvalue weighted by Gasteiger charge is 2.02. The Balaban J connectivity index is 2.64. The fraction of sp³-hybridized carbons (Fsp3) is 0.600. The minimum Gasteiger partial charge on any atom is -0.476 e. The second-order valence-electron chi connectivity index (χ2n) is 1.65. The Morgan fingerprint density at radius 3 is 2.43 bits per heavy atom. The molecule has 40 valence electrons. The average molecular weight is 99.1 g/mol. The molecule has 7 heavy (non-hydrogen) atoms. The molecule has 0 unspecified atom stereocenters. The van der Waals surface area contributed by atoms with Gasteiger partial charge in [-0.3, -0.25) is 0 Å². The molecule has 0 spiro atoms. The van der Waals surface area contributed by atoms with Gasteiger partial charge in [0.1, 0.15) is 5.76 Å². The van der Waals surface area contributed by atoms with Crippen LogP contribution in [0.25, 0.3) is 0 Å². The number of ether oxygens (including phenoxy) is 1. The van der Waals surface area contributed by atoms with Gasteiger partial charge in [0.25, 0.3) is 0 Å². The SMILES string of the molecule is CC1=C(C)OCN1. The van der Waals surface area contributed by atoms with E-state index in [0.717, 1.165) is 11.5 Å². The molecule has 0 amide bonds. The smallest absolute Gasteiger partial charge is 0.158 e. The van der Waals surface area contributed by atoms with Gasteiger partial charge >= 0.3 is 0 Å². The molecule has 0 aromatic heterocycles. The van der Waals surface area contributed by atoms with Gasteiger partial charge in [0.05, 0.1) is 0 Å². The minimum absolute atomic E-state index is 0.650. The number of hydrogen-bond donors (Lipinski definition) is 1. The third-order valence-electron chi connectivity index (χ3n) is 1.15. The van der Waals surface area contributed by atoms with Crippen LogP contribution >= 0.6 is 0 Å². The lowest BCUT2D eigenvalue weighted by molar-refractivity contribution is 0.234. The molecule has 2 heteroatoms. The molecule has 1 aliphatic rings. The van der Waals surface area contributed by atoms with Crippen LogP contribution in [0.2, 0.25) is 0 Å². The Kier molecular flexibility index (Phi) is 0.929. The Hall–Kier alpha value is -0.660. The fourth-order valence-electron chi connectivity index (χ4n) is 0.485. The second kappa shape index (κ2) is 1.45. The molecular formula is C5H9NO. The van der Waals surface area contributed by atoms with Gasteiger partial charge in [-0.2, -0.15) is 0 Å². The quantitative estimate of drug-likeness (QED) is 0.485. The maximum atomic E-state index is 5.03. The first-order chi connectivity index (χ1) is 3.30. The van der Waals surface area contributed by atoms with Crippen molar-refractivity contribution in [2.75, 3.05) is 6.73 Å². The van der Waals surface area contributed by atoms with E-state index in [1.54, 1.807) is 0 Å². The highest BCUT2D eigenvalue weighted by molar-refractivity contribution is 5.03. The first-order valence-corrected chi connectivity index (χ1v) is 2.35. The number of rotatable bonds is 0. The van der Waals surface area contributed by atoms with Gasteiger partial charge in [0, 0.05) is 5.70 Å².